The Hall–Kier alpha value is -2.11. The summed E-state index contributed by atoms with van der Waals surface area (Å²) in [7, 11) is 0. The molecular formula is C14H19N3O3. The molecule has 1 aromatic rings. The lowest BCUT2D eigenvalue weighted by molar-refractivity contribution is -0.116. The van der Waals surface area contributed by atoms with Gasteiger partial charge in [0.05, 0.1) is 12.2 Å². The van der Waals surface area contributed by atoms with Crippen molar-refractivity contribution < 1.29 is 14.3 Å². The van der Waals surface area contributed by atoms with Crippen molar-refractivity contribution >= 4 is 17.8 Å². The van der Waals surface area contributed by atoms with Crippen LogP contribution in [0.3, 0.4) is 0 Å². The zero-order chi connectivity index (χ0) is 14.8. The van der Waals surface area contributed by atoms with Gasteiger partial charge in [-0.3, -0.25) is 4.79 Å². The maximum absolute atomic E-state index is 11.5. The molecule has 0 atom stereocenters. The van der Waals surface area contributed by atoms with Crippen LogP contribution in [-0.4, -0.2) is 22.6 Å². The van der Waals surface area contributed by atoms with Crippen molar-refractivity contribution in [1.82, 2.24) is 10.3 Å². The second kappa shape index (κ2) is 5.48. The predicted molar refractivity (Wildman–Crippen MR) is 74.3 cm³/mol. The van der Waals surface area contributed by atoms with E-state index in [2.05, 4.69) is 15.6 Å². The van der Waals surface area contributed by atoms with Gasteiger partial charge in [0, 0.05) is 6.42 Å². The van der Waals surface area contributed by atoms with Gasteiger partial charge in [0.25, 0.3) is 0 Å². The van der Waals surface area contributed by atoms with Gasteiger partial charge in [0.1, 0.15) is 11.4 Å². The van der Waals surface area contributed by atoms with Crippen LogP contribution in [0, 0.1) is 0 Å². The molecule has 6 nitrogen and oxygen atoms in total. The number of aryl methyl sites for hydroxylation is 1. The molecule has 20 heavy (non-hydrogen) atoms. The third-order valence-corrected chi connectivity index (χ3v) is 2.73. The van der Waals surface area contributed by atoms with Crippen LogP contribution in [0.15, 0.2) is 12.1 Å². The molecule has 0 unspecified atom stereocenters. The Morgan fingerprint density at radius 1 is 1.40 bits per heavy atom. The predicted octanol–water partition coefficient (Wildman–Crippen LogP) is 1.99. The Balaban J connectivity index is 1.96. The van der Waals surface area contributed by atoms with Crippen molar-refractivity contribution in [2.45, 2.75) is 45.8 Å². The molecule has 0 bridgehead atoms. The molecule has 2 N–H and O–H groups in total. The summed E-state index contributed by atoms with van der Waals surface area (Å²) >= 11 is 0. The number of carbonyl (C=O) groups excluding carboxylic acids is 2. The monoisotopic (exact) mass is 277 g/mol. The van der Waals surface area contributed by atoms with Gasteiger partial charge in [0.2, 0.25) is 5.91 Å². The standard InChI is InChI=1S/C14H19N3O3/c1-14(2,3)20-13(19)15-8-10-6-4-9-5-7-11(18)17-12(9)16-10/h4,6H,5,7-8H2,1-3H3,(H,15,19)(H,16,17,18). The first kappa shape index (κ1) is 14.3. The first-order valence-corrected chi connectivity index (χ1v) is 6.59. The number of hydrogen-bond donors (Lipinski definition) is 2. The van der Waals surface area contributed by atoms with Gasteiger partial charge in [-0.1, -0.05) is 6.07 Å². The van der Waals surface area contributed by atoms with E-state index in [4.69, 9.17) is 4.74 Å². The SMILES string of the molecule is CC(C)(C)OC(=O)NCc1ccc2c(n1)NC(=O)CC2. The molecule has 0 saturated carbocycles. The molecule has 0 fully saturated rings. The summed E-state index contributed by atoms with van der Waals surface area (Å²) in [5, 5.41) is 5.37. The van der Waals surface area contributed by atoms with Crippen molar-refractivity contribution in [3.05, 3.63) is 23.4 Å². The van der Waals surface area contributed by atoms with E-state index >= 15 is 0 Å². The van der Waals surface area contributed by atoms with E-state index in [-0.39, 0.29) is 12.5 Å². The zero-order valence-corrected chi connectivity index (χ0v) is 11.9. The van der Waals surface area contributed by atoms with E-state index in [1.165, 1.54) is 0 Å². The summed E-state index contributed by atoms with van der Waals surface area (Å²) < 4.78 is 5.14. The maximum atomic E-state index is 11.5. The second-order valence-corrected chi connectivity index (χ2v) is 5.71. The first-order chi connectivity index (χ1) is 9.33. The number of nitrogens with zero attached hydrogens (tertiary/aromatic N) is 1. The van der Waals surface area contributed by atoms with E-state index in [0.29, 0.717) is 24.4 Å². The van der Waals surface area contributed by atoms with Crippen LogP contribution in [0.4, 0.5) is 10.6 Å². The smallest absolute Gasteiger partial charge is 0.407 e. The first-order valence-electron chi connectivity index (χ1n) is 6.59. The van der Waals surface area contributed by atoms with Crippen molar-refractivity contribution in [2.24, 2.45) is 0 Å². The second-order valence-electron chi connectivity index (χ2n) is 5.71. The summed E-state index contributed by atoms with van der Waals surface area (Å²) in [5.74, 6) is 0.562. The van der Waals surface area contributed by atoms with Gasteiger partial charge in [-0.2, -0.15) is 0 Å². The number of alkyl carbamates (subject to hydrolysis) is 1. The quantitative estimate of drug-likeness (QED) is 0.866. The molecule has 6 heteroatoms. The van der Waals surface area contributed by atoms with E-state index in [1.807, 2.05) is 12.1 Å². The molecule has 1 aromatic heterocycles. The fourth-order valence-electron chi connectivity index (χ4n) is 1.86. The molecule has 2 heterocycles. The van der Waals surface area contributed by atoms with Gasteiger partial charge < -0.3 is 15.4 Å². The Kier molecular flexibility index (Phi) is 3.92. The zero-order valence-electron chi connectivity index (χ0n) is 11.9. The van der Waals surface area contributed by atoms with Crippen LogP contribution in [0.2, 0.25) is 0 Å². The Morgan fingerprint density at radius 3 is 2.85 bits per heavy atom. The van der Waals surface area contributed by atoms with Crippen LogP contribution in [0.5, 0.6) is 0 Å². The van der Waals surface area contributed by atoms with Crippen LogP contribution in [0.1, 0.15) is 38.4 Å². The molecule has 1 aliphatic heterocycles. The summed E-state index contributed by atoms with van der Waals surface area (Å²) in [4.78, 5) is 27.2. The lowest BCUT2D eigenvalue weighted by atomic mass is 10.1. The largest absolute Gasteiger partial charge is 0.444 e. The molecule has 2 amide bonds. The summed E-state index contributed by atoms with van der Waals surface area (Å²) in [6.07, 6.45) is 0.707. The lowest BCUT2D eigenvalue weighted by Gasteiger charge is -2.20. The minimum atomic E-state index is -0.526. The van der Waals surface area contributed by atoms with Crippen molar-refractivity contribution in [1.29, 1.82) is 0 Å². The number of carbonyl (C=O) groups is 2. The highest BCUT2D eigenvalue weighted by Gasteiger charge is 2.18. The van der Waals surface area contributed by atoms with E-state index in [1.54, 1.807) is 20.8 Å². The van der Waals surface area contributed by atoms with E-state index in [0.717, 1.165) is 5.56 Å². The van der Waals surface area contributed by atoms with Crippen LogP contribution < -0.4 is 10.6 Å². The highest BCUT2D eigenvalue weighted by Crippen LogP contribution is 2.20. The van der Waals surface area contributed by atoms with Crippen LogP contribution in [-0.2, 0) is 22.5 Å². The number of pyridine rings is 1. The maximum Gasteiger partial charge on any atom is 0.407 e. The number of amides is 2. The Morgan fingerprint density at radius 2 is 2.15 bits per heavy atom. The van der Waals surface area contributed by atoms with Gasteiger partial charge in [-0.15, -0.1) is 0 Å². The fraction of sp³-hybridized carbons (Fsp3) is 0.500. The fourth-order valence-corrected chi connectivity index (χ4v) is 1.86. The van der Waals surface area contributed by atoms with Gasteiger partial charge in [-0.25, -0.2) is 9.78 Å². The highest BCUT2D eigenvalue weighted by atomic mass is 16.6. The average Bonchev–Trinajstić information content (AvgIpc) is 2.33. The molecule has 1 aliphatic rings. The summed E-state index contributed by atoms with van der Waals surface area (Å²) in [5.41, 5.74) is 1.17. The van der Waals surface area contributed by atoms with Gasteiger partial charge in [-0.05, 0) is 38.8 Å². The molecule has 0 radical (unpaired) electrons. The van der Waals surface area contributed by atoms with Crippen molar-refractivity contribution in [3.63, 3.8) is 0 Å². The molecule has 108 valence electrons. The number of nitrogens with one attached hydrogen (secondary N) is 2. The molecule has 0 spiro atoms. The Labute approximate surface area is 117 Å². The number of rotatable bonds is 2. The number of hydrogen-bond acceptors (Lipinski definition) is 4. The Bertz CT molecular complexity index is 535. The van der Waals surface area contributed by atoms with Gasteiger partial charge in [0.15, 0.2) is 0 Å². The summed E-state index contributed by atoms with van der Waals surface area (Å²) in [6, 6.07) is 3.77. The molecule has 0 saturated heterocycles. The lowest BCUT2D eigenvalue weighted by Crippen LogP contribution is -2.32. The third kappa shape index (κ3) is 3.94. The number of aromatic nitrogens is 1. The number of anilines is 1. The van der Waals surface area contributed by atoms with Crippen LogP contribution in [0.25, 0.3) is 0 Å². The average molecular weight is 277 g/mol. The topological polar surface area (TPSA) is 80.3 Å². The molecule has 2 rings (SSSR count). The van der Waals surface area contributed by atoms with Gasteiger partial charge >= 0.3 is 6.09 Å². The summed E-state index contributed by atoms with van der Waals surface area (Å²) in [6.45, 7) is 5.68. The number of fused-ring (bicyclic) bond motifs is 1. The van der Waals surface area contributed by atoms with E-state index in [9.17, 15) is 9.59 Å². The normalized spacial score (nSPS) is 14.2. The van der Waals surface area contributed by atoms with Crippen molar-refractivity contribution in [3.8, 4) is 0 Å². The van der Waals surface area contributed by atoms with Crippen molar-refractivity contribution in [2.75, 3.05) is 5.32 Å². The molecular weight excluding hydrogens is 258 g/mol. The highest BCUT2D eigenvalue weighted by molar-refractivity contribution is 5.92. The minimum Gasteiger partial charge on any atom is -0.444 e. The van der Waals surface area contributed by atoms with Crippen LogP contribution >= 0.6 is 0 Å². The molecule has 0 aliphatic carbocycles. The number of ether oxygens (including phenoxy) is 1. The third-order valence-electron chi connectivity index (χ3n) is 2.73. The minimum absolute atomic E-state index is 0.0257. The van der Waals surface area contributed by atoms with E-state index < -0.39 is 11.7 Å². The molecule has 0 aromatic carbocycles.